The Bertz CT molecular complexity index is 305. The van der Waals surface area contributed by atoms with E-state index in [0.29, 0.717) is 18.4 Å². The highest BCUT2D eigenvalue weighted by Crippen LogP contribution is 2.26. The van der Waals surface area contributed by atoms with Gasteiger partial charge in [-0.3, -0.25) is 0 Å². The van der Waals surface area contributed by atoms with Crippen LogP contribution in [-0.4, -0.2) is 13.7 Å². The van der Waals surface area contributed by atoms with Gasteiger partial charge in [-0.2, -0.15) is 0 Å². The van der Waals surface area contributed by atoms with Crippen LogP contribution in [0.2, 0.25) is 0 Å². The number of benzene rings is 1. The Balaban J connectivity index is 2.85. The lowest BCUT2D eigenvalue weighted by molar-refractivity contribution is 0.0646. The van der Waals surface area contributed by atoms with Crippen molar-refractivity contribution in [2.24, 2.45) is 11.7 Å². The third-order valence-electron chi connectivity index (χ3n) is 3.05. The zero-order valence-electron chi connectivity index (χ0n) is 10.7. The van der Waals surface area contributed by atoms with E-state index in [2.05, 4.69) is 45.0 Å². The van der Waals surface area contributed by atoms with E-state index in [-0.39, 0.29) is 6.10 Å². The van der Waals surface area contributed by atoms with Crippen molar-refractivity contribution >= 4 is 0 Å². The Morgan fingerprint density at radius 2 is 1.56 bits per heavy atom. The summed E-state index contributed by atoms with van der Waals surface area (Å²) >= 11 is 0. The Hall–Kier alpha value is -0.860. The minimum Gasteiger partial charge on any atom is -0.376 e. The largest absolute Gasteiger partial charge is 0.376 e. The van der Waals surface area contributed by atoms with E-state index >= 15 is 0 Å². The molecule has 2 heteroatoms. The molecule has 0 aliphatic rings. The highest BCUT2D eigenvalue weighted by molar-refractivity contribution is 5.27. The number of hydrogen-bond acceptors (Lipinski definition) is 2. The molecule has 0 unspecified atom stereocenters. The van der Waals surface area contributed by atoms with E-state index in [9.17, 15) is 0 Å². The lowest BCUT2D eigenvalue weighted by atomic mass is 9.95. The zero-order chi connectivity index (χ0) is 12.1. The molecule has 90 valence electrons. The second kappa shape index (κ2) is 6.02. The van der Waals surface area contributed by atoms with Crippen molar-refractivity contribution < 1.29 is 4.74 Å². The highest BCUT2D eigenvalue weighted by Gasteiger charge is 2.14. The number of rotatable bonds is 5. The average Bonchev–Trinajstić information content (AvgIpc) is 2.29. The van der Waals surface area contributed by atoms with Crippen molar-refractivity contribution in [3.8, 4) is 0 Å². The van der Waals surface area contributed by atoms with E-state index in [1.165, 1.54) is 11.1 Å². The molecule has 2 atom stereocenters. The molecule has 16 heavy (non-hydrogen) atoms. The molecule has 0 fully saturated rings. The van der Waals surface area contributed by atoms with Crippen molar-refractivity contribution in [2.75, 3.05) is 13.7 Å². The predicted molar refractivity (Wildman–Crippen MR) is 68.5 cm³/mol. The van der Waals surface area contributed by atoms with E-state index in [0.717, 1.165) is 0 Å². The quantitative estimate of drug-likeness (QED) is 0.829. The van der Waals surface area contributed by atoms with Crippen molar-refractivity contribution in [2.45, 2.75) is 32.8 Å². The minimum absolute atomic E-state index is 0.183. The van der Waals surface area contributed by atoms with Crippen LogP contribution in [-0.2, 0) is 4.74 Å². The molecule has 0 saturated carbocycles. The van der Waals surface area contributed by atoms with Gasteiger partial charge in [0.05, 0.1) is 6.10 Å². The summed E-state index contributed by atoms with van der Waals surface area (Å²) < 4.78 is 5.50. The molecule has 0 aromatic heterocycles. The van der Waals surface area contributed by atoms with Gasteiger partial charge in [0.25, 0.3) is 0 Å². The van der Waals surface area contributed by atoms with E-state index in [1.807, 2.05) is 0 Å². The molecule has 0 aliphatic heterocycles. The topological polar surface area (TPSA) is 35.2 Å². The summed E-state index contributed by atoms with van der Waals surface area (Å²) in [4.78, 5) is 0. The SMILES string of the molecule is CO[C@H](c1ccc([C@H](C)CN)cc1)C(C)C. The van der Waals surface area contributed by atoms with Crippen molar-refractivity contribution in [1.82, 2.24) is 0 Å². The lowest BCUT2D eigenvalue weighted by Crippen LogP contribution is -2.11. The van der Waals surface area contributed by atoms with E-state index < -0.39 is 0 Å². The normalized spacial score (nSPS) is 15.1. The smallest absolute Gasteiger partial charge is 0.0844 e. The van der Waals surface area contributed by atoms with Crippen LogP contribution in [0, 0.1) is 5.92 Å². The number of methoxy groups -OCH3 is 1. The fourth-order valence-corrected chi connectivity index (χ4v) is 1.94. The molecule has 1 aromatic rings. The van der Waals surface area contributed by atoms with Crippen LogP contribution in [0.4, 0.5) is 0 Å². The van der Waals surface area contributed by atoms with Crippen LogP contribution < -0.4 is 5.73 Å². The summed E-state index contributed by atoms with van der Waals surface area (Å²) in [5.74, 6) is 0.914. The first-order chi connectivity index (χ1) is 7.60. The van der Waals surface area contributed by atoms with Gasteiger partial charge in [-0.25, -0.2) is 0 Å². The minimum atomic E-state index is 0.183. The summed E-state index contributed by atoms with van der Waals surface area (Å²) in [6.07, 6.45) is 0.183. The van der Waals surface area contributed by atoms with Gasteiger partial charge < -0.3 is 10.5 Å². The van der Waals surface area contributed by atoms with Gasteiger partial charge in [0.1, 0.15) is 0 Å². The van der Waals surface area contributed by atoms with Gasteiger partial charge in [-0.05, 0) is 29.5 Å². The first kappa shape index (κ1) is 13.2. The summed E-state index contributed by atoms with van der Waals surface area (Å²) in [6.45, 7) is 7.18. The molecule has 0 saturated heterocycles. The van der Waals surface area contributed by atoms with E-state index in [4.69, 9.17) is 10.5 Å². The van der Waals surface area contributed by atoms with Gasteiger partial charge in [0.15, 0.2) is 0 Å². The monoisotopic (exact) mass is 221 g/mol. The van der Waals surface area contributed by atoms with Crippen LogP contribution >= 0.6 is 0 Å². The highest BCUT2D eigenvalue weighted by atomic mass is 16.5. The first-order valence-electron chi connectivity index (χ1n) is 5.92. The van der Waals surface area contributed by atoms with Crippen molar-refractivity contribution in [3.63, 3.8) is 0 Å². The maximum absolute atomic E-state index is 5.65. The molecule has 0 heterocycles. The molecule has 1 rings (SSSR count). The first-order valence-corrected chi connectivity index (χ1v) is 5.92. The fraction of sp³-hybridized carbons (Fsp3) is 0.571. The van der Waals surface area contributed by atoms with E-state index in [1.54, 1.807) is 7.11 Å². The van der Waals surface area contributed by atoms with Crippen LogP contribution in [0.5, 0.6) is 0 Å². The predicted octanol–water partition coefficient (Wildman–Crippen LogP) is 3.09. The summed E-state index contributed by atoms with van der Waals surface area (Å²) in [7, 11) is 1.76. The van der Waals surface area contributed by atoms with Gasteiger partial charge >= 0.3 is 0 Å². The van der Waals surface area contributed by atoms with Crippen molar-refractivity contribution in [3.05, 3.63) is 35.4 Å². The molecular formula is C14H23NO. The van der Waals surface area contributed by atoms with Gasteiger partial charge in [0, 0.05) is 7.11 Å². The third kappa shape index (κ3) is 3.06. The Labute approximate surface area is 98.8 Å². The number of hydrogen-bond donors (Lipinski definition) is 1. The van der Waals surface area contributed by atoms with Gasteiger partial charge in [-0.15, -0.1) is 0 Å². The summed E-state index contributed by atoms with van der Waals surface area (Å²) in [5.41, 5.74) is 8.19. The average molecular weight is 221 g/mol. The fourth-order valence-electron chi connectivity index (χ4n) is 1.94. The Morgan fingerprint density at radius 3 is 1.94 bits per heavy atom. The molecule has 0 amide bonds. The number of ether oxygens (including phenoxy) is 1. The van der Waals surface area contributed by atoms with Crippen LogP contribution in [0.3, 0.4) is 0 Å². The number of nitrogens with two attached hydrogens (primary N) is 1. The second-order valence-corrected chi connectivity index (χ2v) is 4.70. The molecule has 1 aromatic carbocycles. The van der Waals surface area contributed by atoms with Gasteiger partial charge in [-0.1, -0.05) is 45.0 Å². The molecule has 0 aliphatic carbocycles. The van der Waals surface area contributed by atoms with Crippen LogP contribution in [0.25, 0.3) is 0 Å². The molecule has 0 radical (unpaired) electrons. The maximum atomic E-state index is 5.65. The van der Waals surface area contributed by atoms with Crippen LogP contribution in [0.1, 0.15) is 43.9 Å². The van der Waals surface area contributed by atoms with Crippen molar-refractivity contribution in [1.29, 1.82) is 0 Å². The third-order valence-corrected chi connectivity index (χ3v) is 3.05. The Kier molecular flexibility index (Phi) is 4.97. The molecule has 2 nitrogen and oxygen atoms in total. The maximum Gasteiger partial charge on any atom is 0.0844 e. The molecule has 0 spiro atoms. The standard InChI is InChI=1S/C14H23NO/c1-10(2)14(16-4)13-7-5-12(6-8-13)11(3)9-15/h5-8,10-11,14H,9,15H2,1-4H3/t11-,14+/m1/s1. The van der Waals surface area contributed by atoms with Gasteiger partial charge in [0.2, 0.25) is 0 Å². The summed E-state index contributed by atoms with van der Waals surface area (Å²) in [5, 5.41) is 0. The molecule has 0 bridgehead atoms. The second-order valence-electron chi connectivity index (χ2n) is 4.70. The summed E-state index contributed by atoms with van der Waals surface area (Å²) in [6, 6.07) is 8.60. The Morgan fingerprint density at radius 1 is 1.06 bits per heavy atom. The zero-order valence-corrected chi connectivity index (χ0v) is 10.7. The lowest BCUT2D eigenvalue weighted by Gasteiger charge is -2.20. The molecular weight excluding hydrogens is 198 g/mol. The van der Waals surface area contributed by atoms with Crippen LogP contribution in [0.15, 0.2) is 24.3 Å². The molecule has 2 N–H and O–H groups in total.